The van der Waals surface area contributed by atoms with Crippen LogP contribution in [0.2, 0.25) is 0 Å². The average Bonchev–Trinajstić information content (AvgIpc) is 3.32. The van der Waals surface area contributed by atoms with Gasteiger partial charge in [0.2, 0.25) is 5.91 Å². The Kier molecular flexibility index (Phi) is 4.81. The van der Waals surface area contributed by atoms with E-state index in [-0.39, 0.29) is 22.3 Å². The van der Waals surface area contributed by atoms with Crippen LogP contribution >= 0.6 is 15.9 Å². The predicted molar refractivity (Wildman–Crippen MR) is 97.4 cm³/mol. The lowest BCUT2D eigenvalue weighted by Crippen LogP contribution is -2.50. The van der Waals surface area contributed by atoms with Crippen molar-refractivity contribution in [3.05, 3.63) is 15.9 Å². The molecule has 1 N–H and O–H groups in total. The van der Waals surface area contributed by atoms with Crippen LogP contribution in [0.25, 0.3) is 0 Å². The summed E-state index contributed by atoms with van der Waals surface area (Å²) in [4.78, 5) is 15.2. The molecule has 3 aliphatic rings. The molecule has 2 bridgehead atoms. The molecule has 1 aromatic rings. The molecule has 1 aliphatic carbocycles. The average molecular weight is 449 g/mol. The van der Waals surface area contributed by atoms with Crippen LogP contribution in [0.4, 0.5) is 13.2 Å². The van der Waals surface area contributed by atoms with Crippen molar-refractivity contribution in [2.75, 3.05) is 7.05 Å². The summed E-state index contributed by atoms with van der Waals surface area (Å²) in [5.74, 6) is -0.216. The first kappa shape index (κ1) is 19.2. The lowest BCUT2D eigenvalue weighted by molar-refractivity contribution is -0.142. The quantitative estimate of drug-likeness (QED) is 0.760. The molecule has 2 aliphatic heterocycles. The summed E-state index contributed by atoms with van der Waals surface area (Å²) in [5.41, 5.74) is -0.449. The molecular formula is C18H24BrF3N4O. The zero-order chi connectivity index (χ0) is 19.5. The lowest BCUT2D eigenvalue weighted by atomic mass is 9.98. The number of nitrogens with zero attached hydrogens (tertiary/aromatic N) is 3. The zero-order valence-corrected chi connectivity index (χ0v) is 17.0. The molecular weight excluding hydrogens is 425 g/mol. The fourth-order valence-electron chi connectivity index (χ4n) is 4.59. The van der Waals surface area contributed by atoms with Gasteiger partial charge < -0.3 is 10.2 Å². The monoisotopic (exact) mass is 448 g/mol. The largest absolute Gasteiger partial charge is 0.436 e. The number of rotatable bonds is 4. The lowest BCUT2D eigenvalue weighted by Gasteiger charge is -2.37. The van der Waals surface area contributed by atoms with Crippen LogP contribution in [0.1, 0.15) is 68.8 Å². The van der Waals surface area contributed by atoms with Gasteiger partial charge >= 0.3 is 6.18 Å². The van der Waals surface area contributed by atoms with E-state index in [9.17, 15) is 18.0 Å². The second kappa shape index (κ2) is 6.76. The number of amides is 1. The first-order valence-corrected chi connectivity index (χ1v) is 10.3. The summed E-state index contributed by atoms with van der Waals surface area (Å²) in [7, 11) is 2.13. The Labute approximate surface area is 164 Å². The Bertz CT molecular complexity index is 732. The SMILES string of the molecule is CC(C(=O)NC1CC2CCC(C1)N2C)n1nc(C(F)(F)F)c(Br)c1C1CC1. The van der Waals surface area contributed by atoms with E-state index in [1.165, 1.54) is 4.68 Å². The molecule has 3 atom stereocenters. The highest BCUT2D eigenvalue weighted by molar-refractivity contribution is 9.10. The molecule has 3 fully saturated rings. The van der Waals surface area contributed by atoms with Gasteiger partial charge in [-0.25, -0.2) is 0 Å². The highest BCUT2D eigenvalue weighted by Crippen LogP contribution is 2.47. The highest BCUT2D eigenvalue weighted by Gasteiger charge is 2.44. The van der Waals surface area contributed by atoms with Crippen molar-refractivity contribution in [1.29, 1.82) is 0 Å². The van der Waals surface area contributed by atoms with Crippen molar-refractivity contribution >= 4 is 21.8 Å². The van der Waals surface area contributed by atoms with Gasteiger partial charge in [0.25, 0.3) is 0 Å². The van der Waals surface area contributed by atoms with Gasteiger partial charge in [-0.1, -0.05) is 0 Å². The van der Waals surface area contributed by atoms with Gasteiger partial charge in [0.15, 0.2) is 5.69 Å². The number of piperidine rings is 1. The Hall–Kier alpha value is -1.09. The minimum atomic E-state index is -4.54. The molecule has 1 aromatic heterocycles. The van der Waals surface area contributed by atoms with E-state index >= 15 is 0 Å². The number of alkyl halides is 3. The van der Waals surface area contributed by atoms with Gasteiger partial charge in [-0.2, -0.15) is 18.3 Å². The third kappa shape index (κ3) is 3.52. The Morgan fingerprint density at radius 2 is 1.81 bits per heavy atom. The van der Waals surface area contributed by atoms with E-state index in [0.717, 1.165) is 38.5 Å². The van der Waals surface area contributed by atoms with Crippen LogP contribution in [0.5, 0.6) is 0 Å². The zero-order valence-electron chi connectivity index (χ0n) is 15.4. The minimum Gasteiger partial charge on any atom is -0.351 e. The summed E-state index contributed by atoms with van der Waals surface area (Å²) in [6, 6.07) is 0.286. The standard InChI is InChI=1S/C18H24BrF3N4O/c1-9(17(27)23-11-7-12-5-6-13(8-11)25(12)2)26-15(10-3-4-10)14(19)16(24-26)18(20,21)22/h9-13H,3-8H2,1-2H3,(H,23,27). The van der Waals surface area contributed by atoms with Gasteiger partial charge in [-0.3, -0.25) is 9.48 Å². The molecule has 1 amide bonds. The Morgan fingerprint density at radius 3 is 2.33 bits per heavy atom. The van der Waals surface area contributed by atoms with Crippen LogP contribution in [0, 0.1) is 0 Å². The fraction of sp³-hybridized carbons (Fsp3) is 0.778. The summed E-state index contributed by atoms with van der Waals surface area (Å²) in [6.45, 7) is 1.63. The summed E-state index contributed by atoms with van der Waals surface area (Å²) in [5, 5.41) is 6.86. The molecule has 0 radical (unpaired) electrons. The maximum absolute atomic E-state index is 13.3. The second-order valence-corrected chi connectivity index (χ2v) is 8.96. The van der Waals surface area contributed by atoms with Crippen molar-refractivity contribution in [2.45, 2.75) is 81.7 Å². The van der Waals surface area contributed by atoms with Crippen molar-refractivity contribution in [2.24, 2.45) is 0 Å². The van der Waals surface area contributed by atoms with Crippen LogP contribution < -0.4 is 5.32 Å². The molecule has 3 unspecified atom stereocenters. The number of nitrogens with one attached hydrogen (secondary N) is 1. The Balaban J connectivity index is 1.52. The fourth-order valence-corrected chi connectivity index (χ4v) is 5.40. The van der Waals surface area contributed by atoms with Crippen LogP contribution in [-0.4, -0.2) is 45.8 Å². The number of carbonyl (C=O) groups is 1. The van der Waals surface area contributed by atoms with E-state index in [1.54, 1.807) is 6.92 Å². The van der Waals surface area contributed by atoms with Crippen LogP contribution in [-0.2, 0) is 11.0 Å². The van der Waals surface area contributed by atoms with Gasteiger partial charge in [0, 0.05) is 24.0 Å². The summed E-state index contributed by atoms with van der Waals surface area (Å²) < 4.78 is 41.1. The van der Waals surface area contributed by atoms with Crippen molar-refractivity contribution < 1.29 is 18.0 Å². The van der Waals surface area contributed by atoms with Gasteiger partial charge in [0.05, 0.1) is 10.2 Å². The number of hydrogen-bond donors (Lipinski definition) is 1. The second-order valence-electron chi connectivity index (χ2n) is 8.17. The number of halogens is 4. The molecule has 3 heterocycles. The molecule has 4 rings (SSSR count). The van der Waals surface area contributed by atoms with Crippen molar-refractivity contribution in [3.8, 4) is 0 Å². The normalized spacial score (nSPS) is 29.8. The van der Waals surface area contributed by atoms with Crippen LogP contribution in [0.3, 0.4) is 0 Å². The molecule has 0 spiro atoms. The minimum absolute atomic E-state index is 0.0190. The number of carbonyl (C=O) groups excluding carboxylic acids is 1. The maximum Gasteiger partial charge on any atom is 0.436 e. The van der Waals surface area contributed by atoms with E-state index in [4.69, 9.17) is 0 Å². The molecule has 1 saturated carbocycles. The highest BCUT2D eigenvalue weighted by atomic mass is 79.9. The van der Waals surface area contributed by atoms with Crippen molar-refractivity contribution in [1.82, 2.24) is 20.0 Å². The van der Waals surface area contributed by atoms with E-state index < -0.39 is 17.9 Å². The van der Waals surface area contributed by atoms with Gasteiger partial charge in [0.1, 0.15) is 6.04 Å². The smallest absolute Gasteiger partial charge is 0.351 e. The first-order chi connectivity index (χ1) is 12.7. The van der Waals surface area contributed by atoms with Crippen LogP contribution in [0.15, 0.2) is 4.47 Å². The number of hydrogen-bond acceptors (Lipinski definition) is 3. The third-order valence-electron chi connectivity index (χ3n) is 6.31. The molecule has 0 aromatic carbocycles. The van der Waals surface area contributed by atoms with E-state index in [2.05, 4.69) is 38.3 Å². The molecule has 27 heavy (non-hydrogen) atoms. The molecule has 150 valence electrons. The first-order valence-electron chi connectivity index (χ1n) is 9.54. The molecule has 5 nitrogen and oxygen atoms in total. The molecule has 9 heteroatoms. The third-order valence-corrected chi connectivity index (χ3v) is 7.09. The van der Waals surface area contributed by atoms with Crippen molar-refractivity contribution in [3.63, 3.8) is 0 Å². The number of fused-ring (bicyclic) bond motifs is 2. The summed E-state index contributed by atoms with van der Waals surface area (Å²) >= 11 is 3.08. The summed E-state index contributed by atoms with van der Waals surface area (Å²) in [6.07, 6.45) is 1.21. The topological polar surface area (TPSA) is 50.2 Å². The van der Waals surface area contributed by atoms with Gasteiger partial charge in [-0.15, -0.1) is 0 Å². The molecule has 2 saturated heterocycles. The Morgan fingerprint density at radius 1 is 1.22 bits per heavy atom. The number of aromatic nitrogens is 2. The maximum atomic E-state index is 13.3. The van der Waals surface area contributed by atoms with Gasteiger partial charge in [-0.05, 0) is 68.4 Å². The predicted octanol–water partition coefficient (Wildman–Crippen LogP) is 3.84. The van der Waals surface area contributed by atoms with E-state index in [1.807, 2.05) is 0 Å². The van der Waals surface area contributed by atoms with E-state index in [0.29, 0.717) is 17.8 Å².